The molecule has 34 atom stereocenters. The van der Waals surface area contributed by atoms with Gasteiger partial charge in [-0.2, -0.15) is 16.8 Å². The molecule has 3 saturated carbocycles. The summed E-state index contributed by atoms with van der Waals surface area (Å²) >= 11 is 0. The van der Waals surface area contributed by atoms with Crippen molar-refractivity contribution in [2.75, 3.05) is 33.5 Å². The molecule has 552 valence electrons. The molecule has 6 saturated heterocycles. The Morgan fingerprint density at radius 2 is 1.18 bits per heavy atom. The number of aliphatic hydroxyl groups excluding tert-OH is 13. The minimum absolute atomic E-state index is 0.128. The van der Waals surface area contributed by atoms with Gasteiger partial charge in [-0.25, -0.2) is 8.37 Å². The van der Waals surface area contributed by atoms with Crippen molar-refractivity contribution in [3.63, 3.8) is 0 Å². The van der Waals surface area contributed by atoms with E-state index in [4.69, 9.17) is 56.8 Å². The van der Waals surface area contributed by atoms with Crippen molar-refractivity contribution in [2.24, 2.45) is 39.4 Å². The first-order valence-corrected chi connectivity index (χ1v) is 35.1. The number of hydrogen-bond donors (Lipinski definition) is 15. The van der Waals surface area contributed by atoms with Crippen molar-refractivity contribution in [3.05, 3.63) is 23.8 Å². The molecule has 0 radical (unpaired) electrons. The number of methoxy groups -OCH3 is 1. The number of rotatable bonds is 22. The first-order chi connectivity index (χ1) is 44.7. The highest BCUT2D eigenvalue weighted by Crippen LogP contribution is 2.76. The van der Waals surface area contributed by atoms with E-state index in [1.165, 1.54) is 6.92 Å². The highest BCUT2D eigenvalue weighted by atomic mass is 32.3. The van der Waals surface area contributed by atoms with Crippen LogP contribution in [-0.2, 0) is 90.8 Å². The summed E-state index contributed by atoms with van der Waals surface area (Å²) in [5.41, 5.74) is -2.62. The van der Waals surface area contributed by atoms with Crippen LogP contribution in [0.1, 0.15) is 99.8 Å². The molecule has 10 aliphatic rings. The molecule has 34 unspecified atom stereocenters. The van der Waals surface area contributed by atoms with Gasteiger partial charge in [-0.1, -0.05) is 51.5 Å². The zero-order valence-corrected chi connectivity index (χ0v) is 56.0. The van der Waals surface area contributed by atoms with Crippen molar-refractivity contribution >= 4 is 26.8 Å². The second-order valence-electron chi connectivity index (χ2n) is 28.9. The van der Waals surface area contributed by atoms with E-state index < -0.39 is 246 Å². The molecule has 6 aliphatic heterocycles. The number of hydrogen-bond acceptors (Lipinski definition) is 32. The monoisotopic (exact) mass is 1420 g/mol. The number of carbonyl (C=O) groups is 1. The Bertz CT molecular complexity index is 3020. The summed E-state index contributed by atoms with van der Waals surface area (Å²) in [6, 6.07) is 0. The molecule has 36 heteroatoms. The molecule has 1 spiro atoms. The zero-order valence-electron chi connectivity index (χ0n) is 54.4. The van der Waals surface area contributed by atoms with Crippen LogP contribution in [0.2, 0.25) is 0 Å². The maximum Gasteiger partial charge on any atom is 0.397 e. The van der Waals surface area contributed by atoms with Crippen LogP contribution in [-0.4, -0.2) is 303 Å². The summed E-state index contributed by atoms with van der Waals surface area (Å²) < 4.78 is 146. The van der Waals surface area contributed by atoms with Crippen molar-refractivity contribution < 1.29 is 162 Å². The summed E-state index contributed by atoms with van der Waals surface area (Å²) in [6.45, 7) is 13.4. The first-order valence-electron chi connectivity index (χ1n) is 32.3. The Labute approximate surface area is 555 Å². The molecule has 34 nitrogen and oxygen atoms in total. The van der Waals surface area contributed by atoms with Crippen molar-refractivity contribution in [2.45, 2.75) is 271 Å². The van der Waals surface area contributed by atoms with E-state index >= 15 is 0 Å². The normalized spacial score (nSPS) is 49.9. The molecular formula is C60H96O34S2. The van der Waals surface area contributed by atoms with Crippen LogP contribution < -0.4 is 0 Å². The second kappa shape index (κ2) is 28.4. The molecule has 6 heterocycles. The molecule has 9 fully saturated rings. The van der Waals surface area contributed by atoms with E-state index in [1.54, 1.807) is 6.92 Å². The van der Waals surface area contributed by atoms with Gasteiger partial charge in [0.2, 0.25) is 0 Å². The number of ether oxygens (including phenoxy) is 12. The molecule has 0 aromatic heterocycles. The van der Waals surface area contributed by atoms with Crippen LogP contribution in [0.3, 0.4) is 0 Å². The van der Waals surface area contributed by atoms with Crippen LogP contribution in [0.15, 0.2) is 23.8 Å². The highest BCUT2D eigenvalue weighted by Gasteiger charge is 2.79. The lowest BCUT2D eigenvalue weighted by Crippen LogP contribution is -2.67. The lowest BCUT2D eigenvalue weighted by molar-refractivity contribution is -0.394. The molecular weight excluding hydrogens is 1330 g/mol. The van der Waals surface area contributed by atoms with E-state index in [2.05, 4.69) is 28.8 Å². The van der Waals surface area contributed by atoms with Crippen molar-refractivity contribution in [1.29, 1.82) is 0 Å². The fraction of sp³-hybridized carbons (Fsp3) is 0.917. The number of carbonyl (C=O) groups excluding carboxylic acids is 1. The lowest BCUT2D eigenvalue weighted by Gasteiger charge is -2.64. The predicted molar refractivity (Wildman–Crippen MR) is 317 cm³/mol. The molecule has 0 aromatic rings. The molecule has 15 N–H and O–H groups in total. The van der Waals surface area contributed by atoms with E-state index in [1.807, 2.05) is 26.8 Å². The number of cyclic esters (lactones) is 1. The fourth-order valence-corrected chi connectivity index (χ4v) is 18.4. The fourth-order valence-electron chi connectivity index (χ4n) is 17.8. The van der Waals surface area contributed by atoms with Crippen LogP contribution >= 0.6 is 0 Å². The minimum Gasteiger partial charge on any atom is -0.459 e. The Hall–Kier alpha value is -2.27. The Morgan fingerprint density at radius 1 is 0.625 bits per heavy atom. The topological polar surface area (TPSA) is 518 Å². The largest absolute Gasteiger partial charge is 0.459 e. The smallest absolute Gasteiger partial charge is 0.397 e. The average molecular weight is 1430 g/mol. The van der Waals surface area contributed by atoms with Gasteiger partial charge >= 0.3 is 26.8 Å². The Kier molecular flexibility index (Phi) is 22.6. The summed E-state index contributed by atoms with van der Waals surface area (Å²) in [5, 5.41) is 147. The summed E-state index contributed by atoms with van der Waals surface area (Å²) in [7, 11) is -9.23. The molecule has 0 bridgehead atoms. The standard InChI is InChI=1S/C60H96O34S2/c1-23(2)27(62)12-17-59(8)33-13-16-58(7)25-10-11-32-56(4,5)35(14-15-57(32,6)26(25)18-34(63)60(33,58)55(74)94-59)90-54-49(39(67)29(20-82-54)87-51-42(70)40(68)36(64)30(88-51)21-83-95(75,76)77)93-50-43(71)41(69)46(24(3)85-50)91-53-45(73)48(38(66)31(89-53)22-84-96(78,79)80)92-52-44(72)47(81-9)37(65)28(19-61)86-52/h18,24-25,27-54,61-73H,1,10-17,19-22H2,2-9H3,(H,75,76,77)(H,78,79,80). The van der Waals surface area contributed by atoms with Crippen LogP contribution in [0.25, 0.3) is 0 Å². The van der Waals surface area contributed by atoms with Gasteiger partial charge in [-0.15, -0.1) is 0 Å². The summed E-state index contributed by atoms with van der Waals surface area (Å²) in [5.74, 6) is -1.07. The summed E-state index contributed by atoms with van der Waals surface area (Å²) in [4.78, 5) is 14.6. The molecule has 0 aromatic carbocycles. The number of esters is 1. The third-order valence-electron chi connectivity index (χ3n) is 22.9. The van der Waals surface area contributed by atoms with Crippen LogP contribution in [0.4, 0.5) is 0 Å². The van der Waals surface area contributed by atoms with E-state index in [9.17, 15) is 97.1 Å². The number of fused-ring (bicyclic) bond motifs is 4. The Morgan fingerprint density at radius 3 is 1.78 bits per heavy atom. The maximum absolute atomic E-state index is 14.6. The van der Waals surface area contributed by atoms with Crippen LogP contribution in [0, 0.1) is 39.4 Å². The quantitative estimate of drug-likeness (QED) is 0.0213. The van der Waals surface area contributed by atoms with Gasteiger partial charge in [0.05, 0.1) is 50.8 Å². The van der Waals surface area contributed by atoms with Gasteiger partial charge in [0, 0.05) is 13.0 Å². The van der Waals surface area contributed by atoms with Gasteiger partial charge in [0.1, 0.15) is 121 Å². The zero-order chi connectivity index (χ0) is 70.6. The third-order valence-corrected chi connectivity index (χ3v) is 23.8. The molecule has 96 heavy (non-hydrogen) atoms. The van der Waals surface area contributed by atoms with Gasteiger partial charge in [0.25, 0.3) is 0 Å². The first kappa shape index (κ1) is 76.4. The minimum atomic E-state index is -5.22. The highest BCUT2D eigenvalue weighted by molar-refractivity contribution is 7.81. The van der Waals surface area contributed by atoms with Crippen LogP contribution in [0.5, 0.6) is 0 Å². The van der Waals surface area contributed by atoms with Gasteiger partial charge < -0.3 is 123 Å². The van der Waals surface area contributed by atoms with Gasteiger partial charge in [-0.3, -0.25) is 13.9 Å². The molecule has 10 rings (SSSR count). The van der Waals surface area contributed by atoms with Crippen molar-refractivity contribution in [3.8, 4) is 0 Å². The van der Waals surface area contributed by atoms with Gasteiger partial charge in [-0.05, 0) is 100 Å². The molecule has 4 aliphatic carbocycles. The van der Waals surface area contributed by atoms with E-state index in [0.717, 1.165) is 12.7 Å². The second-order valence-corrected chi connectivity index (χ2v) is 31.0. The van der Waals surface area contributed by atoms with E-state index in [-0.39, 0.29) is 17.8 Å². The predicted octanol–water partition coefficient (Wildman–Crippen LogP) is -3.97. The Balaban J connectivity index is 0.893. The van der Waals surface area contributed by atoms with Gasteiger partial charge in [0.15, 0.2) is 31.5 Å². The summed E-state index contributed by atoms with van der Waals surface area (Å²) in [6.07, 6.45) is -41.8. The van der Waals surface area contributed by atoms with Crippen molar-refractivity contribution in [1.82, 2.24) is 0 Å². The number of aliphatic hydroxyl groups is 13. The maximum atomic E-state index is 14.6. The number of allylic oxidation sites excluding steroid dienone is 1. The third kappa shape index (κ3) is 13.8. The lowest BCUT2D eigenvalue weighted by atomic mass is 9.40. The molecule has 0 amide bonds. The van der Waals surface area contributed by atoms with E-state index in [0.29, 0.717) is 56.9 Å². The SMILES string of the molecule is C=C(C)C(O)CCC1(C)OC(=O)C23C(O)C=C4C(CCC5C4(C)CCC(OC4OCC(OC6OC(COS(=O)(=O)O)C(O)C(O)C6O)C(O)C4OC4OC(C)C(OC6OC(COS(=O)(=O)O)C(O)C(OC7OC(CO)C(O)C(OC)C7O)C6O)C(O)C4O)C5(C)C)C2(C)CCC13. The average Bonchev–Trinajstić information content (AvgIpc) is 1.42.